The summed E-state index contributed by atoms with van der Waals surface area (Å²) in [7, 11) is 0. The molecule has 5 heteroatoms. The summed E-state index contributed by atoms with van der Waals surface area (Å²) in [6, 6.07) is 2.01. The molecule has 0 aliphatic carbocycles. The zero-order valence-electron chi connectivity index (χ0n) is 8.81. The number of anilines is 1. The number of fused-ring (bicyclic) bond motifs is 1. The van der Waals surface area contributed by atoms with Crippen LogP contribution in [-0.4, -0.2) is 12.5 Å². The normalized spacial score (nSPS) is 18.6. The average molecular weight is 226 g/mol. The van der Waals surface area contributed by atoms with E-state index in [2.05, 4.69) is 10.6 Å². The lowest BCUT2D eigenvalue weighted by atomic mass is 9.97. The second-order valence-electron chi connectivity index (χ2n) is 3.82. The molecule has 1 unspecified atom stereocenters. The molecule has 2 rings (SSSR count). The van der Waals surface area contributed by atoms with Crippen LogP contribution in [0.1, 0.15) is 24.9 Å². The molecule has 1 aliphatic rings. The lowest BCUT2D eigenvalue weighted by molar-refractivity contribution is -0.119. The van der Waals surface area contributed by atoms with Crippen molar-refractivity contribution in [2.24, 2.45) is 0 Å². The van der Waals surface area contributed by atoms with Crippen LogP contribution in [0.5, 0.6) is 0 Å². The number of carbonyl (C=O) groups is 1. The van der Waals surface area contributed by atoms with E-state index < -0.39 is 11.6 Å². The van der Waals surface area contributed by atoms with E-state index in [9.17, 15) is 13.6 Å². The first-order chi connectivity index (χ1) is 7.58. The fourth-order valence-electron chi connectivity index (χ4n) is 1.91. The van der Waals surface area contributed by atoms with Gasteiger partial charge < -0.3 is 10.6 Å². The Hall–Kier alpha value is -1.65. The van der Waals surface area contributed by atoms with Crippen LogP contribution in [0.15, 0.2) is 12.1 Å². The molecule has 0 saturated heterocycles. The van der Waals surface area contributed by atoms with E-state index in [4.69, 9.17) is 0 Å². The van der Waals surface area contributed by atoms with Crippen LogP contribution in [-0.2, 0) is 4.79 Å². The van der Waals surface area contributed by atoms with Crippen LogP contribution in [0.4, 0.5) is 14.5 Å². The van der Waals surface area contributed by atoms with Crippen LogP contribution in [0.2, 0.25) is 0 Å². The lowest BCUT2D eigenvalue weighted by Crippen LogP contribution is -2.31. The van der Waals surface area contributed by atoms with Crippen molar-refractivity contribution >= 4 is 11.6 Å². The molecule has 0 radical (unpaired) electrons. The lowest BCUT2D eigenvalue weighted by Gasteiger charge is -2.27. The van der Waals surface area contributed by atoms with E-state index in [0.29, 0.717) is 24.2 Å². The SMILES string of the molecule is CC(=O)NC1CCNc2cc(F)c(F)cc21. The minimum Gasteiger partial charge on any atom is -0.385 e. The highest BCUT2D eigenvalue weighted by atomic mass is 19.2. The maximum Gasteiger partial charge on any atom is 0.217 e. The summed E-state index contributed by atoms with van der Waals surface area (Å²) >= 11 is 0. The summed E-state index contributed by atoms with van der Waals surface area (Å²) in [5.74, 6) is -1.95. The zero-order valence-corrected chi connectivity index (χ0v) is 8.81. The van der Waals surface area contributed by atoms with Gasteiger partial charge in [-0.15, -0.1) is 0 Å². The summed E-state index contributed by atoms with van der Waals surface area (Å²) in [6.45, 7) is 2.03. The predicted octanol–water partition coefficient (Wildman–Crippen LogP) is 1.96. The standard InChI is InChI=1S/C11H12F2N2O/c1-6(16)15-10-2-3-14-11-5-9(13)8(12)4-7(10)11/h4-5,10,14H,2-3H2,1H3,(H,15,16). The molecule has 1 amide bonds. The smallest absolute Gasteiger partial charge is 0.217 e. The molecule has 0 spiro atoms. The van der Waals surface area contributed by atoms with Gasteiger partial charge in [-0.1, -0.05) is 0 Å². The van der Waals surface area contributed by atoms with E-state index >= 15 is 0 Å². The number of halogens is 2. The van der Waals surface area contributed by atoms with Gasteiger partial charge in [0.15, 0.2) is 11.6 Å². The van der Waals surface area contributed by atoms with E-state index in [0.717, 1.165) is 12.1 Å². The number of carbonyl (C=O) groups excluding carboxylic acids is 1. The largest absolute Gasteiger partial charge is 0.385 e. The van der Waals surface area contributed by atoms with Crippen molar-refractivity contribution in [1.29, 1.82) is 0 Å². The molecule has 1 aromatic carbocycles. The quantitative estimate of drug-likeness (QED) is 0.768. The summed E-state index contributed by atoms with van der Waals surface area (Å²) < 4.78 is 26.1. The van der Waals surface area contributed by atoms with Gasteiger partial charge in [0.1, 0.15) is 0 Å². The van der Waals surface area contributed by atoms with Crippen molar-refractivity contribution in [3.05, 3.63) is 29.3 Å². The second kappa shape index (κ2) is 4.08. The Bertz CT molecular complexity index is 434. The number of hydrogen-bond donors (Lipinski definition) is 2. The Morgan fingerprint density at radius 3 is 2.81 bits per heavy atom. The van der Waals surface area contributed by atoms with E-state index in [1.165, 1.54) is 6.92 Å². The van der Waals surface area contributed by atoms with E-state index in [-0.39, 0.29) is 11.9 Å². The minimum atomic E-state index is -0.891. The van der Waals surface area contributed by atoms with Gasteiger partial charge in [0.25, 0.3) is 0 Å². The van der Waals surface area contributed by atoms with Gasteiger partial charge in [-0.25, -0.2) is 8.78 Å². The van der Waals surface area contributed by atoms with Crippen LogP contribution >= 0.6 is 0 Å². The van der Waals surface area contributed by atoms with Crippen molar-refractivity contribution in [3.8, 4) is 0 Å². The summed E-state index contributed by atoms with van der Waals surface area (Å²) in [5.41, 5.74) is 1.14. The monoisotopic (exact) mass is 226 g/mol. The summed E-state index contributed by atoms with van der Waals surface area (Å²) in [5, 5.41) is 5.69. The van der Waals surface area contributed by atoms with Crippen LogP contribution < -0.4 is 10.6 Å². The Balaban J connectivity index is 2.37. The fraction of sp³-hybridized carbons (Fsp3) is 0.364. The van der Waals surface area contributed by atoms with Gasteiger partial charge in [-0.2, -0.15) is 0 Å². The van der Waals surface area contributed by atoms with Gasteiger partial charge in [0.05, 0.1) is 6.04 Å². The molecule has 0 fully saturated rings. The molecule has 86 valence electrons. The van der Waals surface area contributed by atoms with Crippen molar-refractivity contribution in [2.45, 2.75) is 19.4 Å². The highest BCUT2D eigenvalue weighted by Crippen LogP contribution is 2.31. The molecule has 1 heterocycles. The third-order valence-electron chi connectivity index (χ3n) is 2.59. The van der Waals surface area contributed by atoms with Crippen molar-refractivity contribution < 1.29 is 13.6 Å². The third kappa shape index (κ3) is 1.98. The predicted molar refractivity (Wildman–Crippen MR) is 56.0 cm³/mol. The molecule has 16 heavy (non-hydrogen) atoms. The number of hydrogen-bond acceptors (Lipinski definition) is 2. The Labute approximate surface area is 91.8 Å². The first-order valence-electron chi connectivity index (χ1n) is 5.08. The van der Waals surface area contributed by atoms with E-state index in [1.807, 2.05) is 0 Å². The molecule has 0 aromatic heterocycles. The Kier molecular flexibility index (Phi) is 2.77. The first-order valence-corrected chi connectivity index (χ1v) is 5.08. The second-order valence-corrected chi connectivity index (χ2v) is 3.82. The van der Waals surface area contributed by atoms with Crippen molar-refractivity contribution in [1.82, 2.24) is 5.32 Å². The molecule has 1 aromatic rings. The van der Waals surface area contributed by atoms with Crippen LogP contribution in [0.3, 0.4) is 0 Å². The van der Waals surface area contributed by atoms with Gasteiger partial charge in [-0.3, -0.25) is 4.79 Å². The van der Waals surface area contributed by atoms with Gasteiger partial charge in [0.2, 0.25) is 5.91 Å². The minimum absolute atomic E-state index is 0.178. The fourth-order valence-corrected chi connectivity index (χ4v) is 1.91. The Morgan fingerprint density at radius 2 is 2.12 bits per heavy atom. The highest BCUT2D eigenvalue weighted by Gasteiger charge is 2.22. The first kappa shape index (κ1) is 10.9. The molecule has 0 saturated carbocycles. The maximum atomic E-state index is 13.1. The summed E-state index contributed by atoms with van der Waals surface area (Å²) in [6.07, 6.45) is 0.664. The topological polar surface area (TPSA) is 41.1 Å². The number of benzene rings is 1. The molecule has 3 nitrogen and oxygen atoms in total. The van der Waals surface area contributed by atoms with Gasteiger partial charge in [-0.05, 0) is 12.5 Å². The maximum absolute atomic E-state index is 13.1. The molecule has 0 bridgehead atoms. The van der Waals surface area contributed by atoms with Gasteiger partial charge in [0, 0.05) is 30.8 Å². The Morgan fingerprint density at radius 1 is 1.44 bits per heavy atom. The van der Waals surface area contributed by atoms with Crippen molar-refractivity contribution in [2.75, 3.05) is 11.9 Å². The van der Waals surface area contributed by atoms with Crippen LogP contribution in [0, 0.1) is 11.6 Å². The molecular weight excluding hydrogens is 214 g/mol. The number of nitrogens with one attached hydrogen (secondary N) is 2. The molecule has 1 atom stereocenters. The molecule has 2 N–H and O–H groups in total. The zero-order chi connectivity index (χ0) is 11.7. The number of rotatable bonds is 1. The van der Waals surface area contributed by atoms with Crippen LogP contribution in [0.25, 0.3) is 0 Å². The average Bonchev–Trinajstić information content (AvgIpc) is 2.20. The number of amides is 1. The highest BCUT2D eigenvalue weighted by molar-refractivity contribution is 5.74. The van der Waals surface area contributed by atoms with Crippen molar-refractivity contribution in [3.63, 3.8) is 0 Å². The third-order valence-corrected chi connectivity index (χ3v) is 2.59. The molecule has 1 aliphatic heterocycles. The van der Waals surface area contributed by atoms with Gasteiger partial charge >= 0.3 is 0 Å². The molecular formula is C11H12F2N2O. The van der Waals surface area contributed by atoms with E-state index in [1.54, 1.807) is 0 Å². The summed E-state index contributed by atoms with van der Waals surface area (Å²) in [4.78, 5) is 11.0.